The maximum Gasteiger partial charge on any atom is 0.314 e. The first-order valence-corrected chi connectivity index (χ1v) is 11.1. The lowest BCUT2D eigenvalue weighted by Crippen LogP contribution is -2.24. The third-order valence-electron chi connectivity index (χ3n) is 4.58. The molecule has 6 nitrogen and oxygen atoms in total. The highest BCUT2D eigenvalue weighted by molar-refractivity contribution is 7.71. The molecule has 0 N–H and O–H groups in total. The van der Waals surface area contributed by atoms with Crippen molar-refractivity contribution in [2.75, 3.05) is 6.61 Å². The van der Waals surface area contributed by atoms with Crippen LogP contribution in [0.3, 0.4) is 0 Å². The van der Waals surface area contributed by atoms with E-state index < -0.39 is 22.1 Å². The monoisotopic (exact) mass is 430 g/mol. The van der Waals surface area contributed by atoms with Crippen molar-refractivity contribution in [2.45, 2.75) is 31.9 Å². The van der Waals surface area contributed by atoms with Crippen LogP contribution in [-0.2, 0) is 16.5 Å². The molecule has 3 aromatic rings. The Kier molecular flexibility index (Phi) is 7.35. The molecule has 0 saturated heterocycles. The van der Waals surface area contributed by atoms with Gasteiger partial charge in [-0.25, -0.2) is 12.8 Å². The van der Waals surface area contributed by atoms with Gasteiger partial charge in [0.2, 0.25) is 0 Å². The van der Waals surface area contributed by atoms with E-state index in [2.05, 4.69) is 12.0 Å². The maximum atomic E-state index is 13.2. The molecule has 1 aromatic heterocycles. The molecule has 158 valence electrons. The van der Waals surface area contributed by atoms with Gasteiger partial charge in [0.05, 0.1) is 24.2 Å². The quantitative estimate of drug-likeness (QED) is 0.414. The molecule has 30 heavy (non-hydrogen) atoms. The van der Waals surface area contributed by atoms with Crippen molar-refractivity contribution in [1.82, 2.24) is 9.78 Å². The molecule has 0 aliphatic carbocycles. The number of benzene rings is 2. The van der Waals surface area contributed by atoms with E-state index in [1.807, 2.05) is 0 Å². The Bertz CT molecular complexity index is 1120. The summed E-state index contributed by atoms with van der Waals surface area (Å²) >= 11 is 0. The fraction of sp³-hybridized carbons (Fsp3) is 0.273. The summed E-state index contributed by atoms with van der Waals surface area (Å²) in [5.41, 5.74) is 1.87. The molecular formula is C22H23FN2O4S. The summed E-state index contributed by atoms with van der Waals surface area (Å²) in [5.74, 6) is -0.284. The minimum Gasteiger partial charge on any atom is -0.487 e. The Labute approximate surface area is 175 Å². The largest absolute Gasteiger partial charge is 0.487 e. The van der Waals surface area contributed by atoms with Crippen LogP contribution in [0.1, 0.15) is 31.7 Å². The topological polar surface area (TPSA) is 78.3 Å². The van der Waals surface area contributed by atoms with E-state index >= 15 is 0 Å². The average Bonchev–Trinajstić information content (AvgIpc) is 2.73. The van der Waals surface area contributed by atoms with E-state index in [4.69, 9.17) is 4.74 Å². The summed E-state index contributed by atoms with van der Waals surface area (Å²) in [6, 6.07) is 12.4. The van der Waals surface area contributed by atoms with E-state index in [0.29, 0.717) is 29.0 Å². The summed E-state index contributed by atoms with van der Waals surface area (Å²) in [6.07, 6.45) is 4.34. The first-order chi connectivity index (χ1) is 14.5. The van der Waals surface area contributed by atoms with Crippen LogP contribution < -0.4 is 10.3 Å². The SMILES string of the molecule is CCCCCOc1c(-c2ccc(C[SH](=O)=O)cc2)cnn(-c2ccc(F)cc2)c1=O. The molecule has 1 heterocycles. The van der Waals surface area contributed by atoms with Crippen molar-refractivity contribution >= 4 is 10.7 Å². The molecule has 3 rings (SSSR count). The van der Waals surface area contributed by atoms with Crippen LogP contribution in [-0.4, -0.2) is 24.8 Å². The van der Waals surface area contributed by atoms with Crippen molar-refractivity contribution in [2.24, 2.45) is 0 Å². The number of aromatic nitrogens is 2. The van der Waals surface area contributed by atoms with Crippen molar-refractivity contribution in [3.8, 4) is 22.6 Å². The predicted octanol–water partition coefficient (Wildman–Crippen LogP) is 3.72. The minimum atomic E-state index is -2.51. The fourth-order valence-corrected chi connectivity index (χ4v) is 3.52. The lowest BCUT2D eigenvalue weighted by atomic mass is 10.1. The zero-order valence-electron chi connectivity index (χ0n) is 16.6. The molecule has 0 aliphatic heterocycles. The van der Waals surface area contributed by atoms with E-state index in [0.717, 1.165) is 19.3 Å². The van der Waals surface area contributed by atoms with Gasteiger partial charge in [0.25, 0.3) is 0 Å². The van der Waals surface area contributed by atoms with Gasteiger partial charge in [0.1, 0.15) is 16.5 Å². The molecule has 8 heteroatoms. The van der Waals surface area contributed by atoms with Gasteiger partial charge in [0.15, 0.2) is 5.75 Å². The number of nitrogens with zero attached hydrogens (tertiary/aromatic N) is 2. The molecule has 0 fully saturated rings. The summed E-state index contributed by atoms with van der Waals surface area (Å²) in [4.78, 5) is 13.1. The maximum absolute atomic E-state index is 13.2. The van der Waals surface area contributed by atoms with Crippen LogP contribution in [0.4, 0.5) is 4.39 Å². The third kappa shape index (κ3) is 5.33. The summed E-state index contributed by atoms with van der Waals surface area (Å²) < 4.78 is 42.1. The van der Waals surface area contributed by atoms with Crippen LogP contribution in [0.2, 0.25) is 0 Å². The molecule has 0 atom stereocenters. The molecule has 0 bridgehead atoms. The molecule has 0 saturated carbocycles. The highest BCUT2D eigenvalue weighted by Gasteiger charge is 2.16. The lowest BCUT2D eigenvalue weighted by molar-refractivity contribution is 0.301. The Morgan fingerprint density at radius 2 is 1.73 bits per heavy atom. The van der Waals surface area contributed by atoms with Crippen molar-refractivity contribution in [3.63, 3.8) is 0 Å². The number of halogens is 1. The van der Waals surface area contributed by atoms with Crippen LogP contribution >= 0.6 is 0 Å². The summed E-state index contributed by atoms with van der Waals surface area (Å²) in [5, 5.41) is 4.24. The Morgan fingerprint density at radius 1 is 1.03 bits per heavy atom. The molecule has 0 spiro atoms. The number of hydrogen-bond acceptors (Lipinski definition) is 5. The van der Waals surface area contributed by atoms with E-state index in [1.165, 1.54) is 35.1 Å². The predicted molar refractivity (Wildman–Crippen MR) is 114 cm³/mol. The normalized spacial score (nSPS) is 11.0. The van der Waals surface area contributed by atoms with Crippen LogP contribution in [0.25, 0.3) is 16.8 Å². The second kappa shape index (κ2) is 10.2. The number of rotatable bonds is 9. The zero-order chi connectivity index (χ0) is 21.5. The number of unbranched alkanes of at least 4 members (excludes halogenated alkanes) is 2. The van der Waals surface area contributed by atoms with Crippen molar-refractivity contribution in [1.29, 1.82) is 0 Å². The first kappa shape index (κ1) is 21.7. The first-order valence-electron chi connectivity index (χ1n) is 9.71. The van der Waals surface area contributed by atoms with E-state index in [-0.39, 0.29) is 11.5 Å². The molecule has 0 unspecified atom stereocenters. The van der Waals surface area contributed by atoms with Gasteiger partial charge in [-0.2, -0.15) is 9.78 Å². The van der Waals surface area contributed by atoms with Gasteiger partial charge in [0, 0.05) is 5.56 Å². The van der Waals surface area contributed by atoms with Gasteiger partial charge in [-0.15, -0.1) is 0 Å². The molecular weight excluding hydrogens is 407 g/mol. The van der Waals surface area contributed by atoms with Crippen LogP contribution in [0.5, 0.6) is 5.75 Å². The van der Waals surface area contributed by atoms with Gasteiger partial charge < -0.3 is 4.74 Å². The molecule has 0 amide bonds. The highest BCUT2D eigenvalue weighted by atomic mass is 32.2. The summed E-state index contributed by atoms with van der Waals surface area (Å²) in [6.45, 7) is 2.47. The Hall–Kier alpha value is -3.00. The minimum absolute atomic E-state index is 0.0413. The molecule has 0 aliphatic rings. The highest BCUT2D eigenvalue weighted by Crippen LogP contribution is 2.27. The lowest BCUT2D eigenvalue weighted by Gasteiger charge is -2.13. The van der Waals surface area contributed by atoms with Gasteiger partial charge in [-0.1, -0.05) is 44.0 Å². The van der Waals surface area contributed by atoms with Gasteiger partial charge in [-0.3, -0.25) is 4.79 Å². The summed E-state index contributed by atoms with van der Waals surface area (Å²) in [7, 11) is -2.51. The van der Waals surface area contributed by atoms with Gasteiger partial charge in [-0.05, 0) is 41.8 Å². The smallest absolute Gasteiger partial charge is 0.314 e. The molecule has 0 radical (unpaired) electrons. The van der Waals surface area contributed by atoms with Crippen LogP contribution in [0.15, 0.2) is 59.5 Å². The van der Waals surface area contributed by atoms with E-state index in [9.17, 15) is 17.6 Å². The van der Waals surface area contributed by atoms with Crippen molar-refractivity contribution < 1.29 is 17.5 Å². The Balaban J connectivity index is 2.01. The van der Waals surface area contributed by atoms with E-state index in [1.54, 1.807) is 24.3 Å². The number of thiol groups is 1. The van der Waals surface area contributed by atoms with Gasteiger partial charge >= 0.3 is 5.56 Å². The number of ether oxygens (including phenoxy) is 1. The Morgan fingerprint density at radius 3 is 2.37 bits per heavy atom. The fourth-order valence-electron chi connectivity index (χ4n) is 3.01. The van der Waals surface area contributed by atoms with Crippen LogP contribution in [0, 0.1) is 5.82 Å². The third-order valence-corrected chi connectivity index (χ3v) is 5.20. The average molecular weight is 431 g/mol. The number of hydrogen-bond donors (Lipinski definition) is 1. The molecule has 2 aromatic carbocycles. The second-order valence-corrected chi connectivity index (χ2v) is 7.81. The standard InChI is InChI=1S/C22H23FN2O4S/c1-2-3-4-13-29-21-20(17-7-5-16(6-8-17)15-30(27)28)14-24-25(22(21)26)19-11-9-18(23)10-12-19/h5-12,14,30H,2-4,13,15H2,1H3. The zero-order valence-corrected chi connectivity index (χ0v) is 17.5. The second-order valence-electron chi connectivity index (χ2n) is 6.82. The van der Waals surface area contributed by atoms with Crippen molar-refractivity contribution in [3.05, 3.63) is 76.5 Å².